The van der Waals surface area contributed by atoms with Crippen LogP contribution in [0.4, 0.5) is 5.69 Å². The van der Waals surface area contributed by atoms with Crippen LogP contribution < -0.4 is 5.32 Å². The van der Waals surface area contributed by atoms with Gasteiger partial charge in [-0.3, -0.25) is 4.98 Å². The van der Waals surface area contributed by atoms with Crippen molar-refractivity contribution in [3.63, 3.8) is 0 Å². The number of rotatable bonds is 3. The van der Waals surface area contributed by atoms with E-state index in [4.69, 9.17) is 0 Å². The Kier molecular flexibility index (Phi) is 3.19. The summed E-state index contributed by atoms with van der Waals surface area (Å²) in [5, 5.41) is 11.2. The van der Waals surface area contributed by atoms with Crippen molar-refractivity contribution in [1.82, 2.24) is 19.7 Å². The van der Waals surface area contributed by atoms with E-state index in [0.29, 0.717) is 0 Å². The first-order valence-corrected chi connectivity index (χ1v) is 5.67. The summed E-state index contributed by atoms with van der Waals surface area (Å²) in [5.74, 6) is 0.889. The molecule has 0 aromatic carbocycles. The van der Waals surface area contributed by atoms with Crippen LogP contribution in [-0.2, 0) is 7.05 Å². The number of aryl methyl sites for hydroxylation is 1. The Morgan fingerprint density at radius 2 is 2.25 bits per heavy atom. The third kappa shape index (κ3) is 2.38. The lowest BCUT2D eigenvalue weighted by atomic mass is 10.3. The van der Waals surface area contributed by atoms with Crippen molar-refractivity contribution in [3.8, 4) is 0 Å². The van der Waals surface area contributed by atoms with E-state index in [9.17, 15) is 0 Å². The van der Waals surface area contributed by atoms with E-state index in [1.54, 1.807) is 18.7 Å². The smallest absolute Gasteiger partial charge is 0.154 e. The quantitative estimate of drug-likeness (QED) is 0.937. The summed E-state index contributed by atoms with van der Waals surface area (Å²) >= 11 is 3.38. The number of hydrogen-bond donors (Lipinski definition) is 1. The maximum atomic E-state index is 4.09. The van der Waals surface area contributed by atoms with Crippen LogP contribution in [0.1, 0.15) is 18.8 Å². The fourth-order valence-electron chi connectivity index (χ4n) is 1.49. The minimum atomic E-state index is 0.0867. The van der Waals surface area contributed by atoms with Gasteiger partial charge in [-0.05, 0) is 28.9 Å². The van der Waals surface area contributed by atoms with E-state index >= 15 is 0 Å². The highest BCUT2D eigenvalue weighted by Gasteiger charge is 2.10. The van der Waals surface area contributed by atoms with Crippen LogP contribution in [0.15, 0.2) is 29.3 Å². The molecule has 2 aromatic heterocycles. The second-order valence-electron chi connectivity index (χ2n) is 3.56. The molecule has 0 fully saturated rings. The van der Waals surface area contributed by atoms with Gasteiger partial charge in [-0.25, -0.2) is 0 Å². The maximum Gasteiger partial charge on any atom is 0.154 e. The van der Waals surface area contributed by atoms with Gasteiger partial charge in [0.1, 0.15) is 6.33 Å². The zero-order chi connectivity index (χ0) is 11.5. The van der Waals surface area contributed by atoms with Crippen molar-refractivity contribution in [1.29, 1.82) is 0 Å². The highest BCUT2D eigenvalue weighted by atomic mass is 79.9. The number of anilines is 1. The van der Waals surface area contributed by atoms with Crippen molar-refractivity contribution < 1.29 is 0 Å². The molecular formula is C10H12BrN5. The van der Waals surface area contributed by atoms with Crippen molar-refractivity contribution in [3.05, 3.63) is 35.1 Å². The summed E-state index contributed by atoms with van der Waals surface area (Å²) in [6.45, 7) is 2.03. The van der Waals surface area contributed by atoms with E-state index in [1.165, 1.54) is 0 Å². The zero-order valence-corrected chi connectivity index (χ0v) is 10.6. The number of nitrogens with one attached hydrogen (secondary N) is 1. The van der Waals surface area contributed by atoms with E-state index in [0.717, 1.165) is 16.0 Å². The predicted octanol–water partition coefficient (Wildman–Crippen LogP) is 2.15. The molecule has 0 bridgehead atoms. The molecule has 84 valence electrons. The van der Waals surface area contributed by atoms with E-state index in [-0.39, 0.29) is 6.04 Å². The lowest BCUT2D eigenvalue weighted by Crippen LogP contribution is -2.12. The van der Waals surface area contributed by atoms with Crippen LogP contribution in [0.2, 0.25) is 0 Å². The topological polar surface area (TPSA) is 55.6 Å². The Hall–Kier alpha value is -1.43. The molecule has 2 rings (SSSR count). The number of aromatic nitrogens is 4. The van der Waals surface area contributed by atoms with Gasteiger partial charge in [0.25, 0.3) is 0 Å². The second-order valence-corrected chi connectivity index (χ2v) is 4.47. The highest BCUT2D eigenvalue weighted by molar-refractivity contribution is 9.10. The normalized spacial score (nSPS) is 12.4. The van der Waals surface area contributed by atoms with Crippen LogP contribution in [0.5, 0.6) is 0 Å². The summed E-state index contributed by atoms with van der Waals surface area (Å²) in [6, 6.07) is 2.06. The largest absolute Gasteiger partial charge is 0.374 e. The molecule has 0 saturated heterocycles. The van der Waals surface area contributed by atoms with Gasteiger partial charge >= 0.3 is 0 Å². The Morgan fingerprint density at radius 3 is 2.88 bits per heavy atom. The van der Waals surface area contributed by atoms with E-state index in [2.05, 4.69) is 36.4 Å². The summed E-state index contributed by atoms with van der Waals surface area (Å²) in [7, 11) is 1.92. The first-order valence-electron chi connectivity index (χ1n) is 4.88. The third-order valence-electron chi connectivity index (χ3n) is 2.22. The molecule has 1 N–H and O–H groups in total. The Labute approximate surface area is 102 Å². The molecule has 1 unspecified atom stereocenters. The Bertz CT molecular complexity index is 482. The van der Waals surface area contributed by atoms with Crippen molar-refractivity contribution >= 4 is 21.6 Å². The number of nitrogens with zero attached hydrogens (tertiary/aromatic N) is 4. The first-order chi connectivity index (χ1) is 7.66. The van der Waals surface area contributed by atoms with Gasteiger partial charge < -0.3 is 9.88 Å². The monoisotopic (exact) mass is 281 g/mol. The minimum absolute atomic E-state index is 0.0867. The van der Waals surface area contributed by atoms with Crippen LogP contribution in [0.3, 0.4) is 0 Å². The molecule has 16 heavy (non-hydrogen) atoms. The number of hydrogen-bond acceptors (Lipinski definition) is 4. The summed E-state index contributed by atoms with van der Waals surface area (Å²) in [5.41, 5.74) is 0.949. The lowest BCUT2D eigenvalue weighted by molar-refractivity contribution is 0.719. The molecule has 2 heterocycles. The summed E-state index contributed by atoms with van der Waals surface area (Å²) in [4.78, 5) is 4.09. The highest BCUT2D eigenvalue weighted by Crippen LogP contribution is 2.19. The molecule has 0 aliphatic heterocycles. The predicted molar refractivity (Wildman–Crippen MR) is 65.0 cm³/mol. The van der Waals surface area contributed by atoms with Gasteiger partial charge in [-0.15, -0.1) is 10.2 Å². The average Bonchev–Trinajstić information content (AvgIpc) is 2.64. The van der Waals surface area contributed by atoms with Crippen molar-refractivity contribution in [2.45, 2.75) is 13.0 Å². The summed E-state index contributed by atoms with van der Waals surface area (Å²) < 4.78 is 2.84. The molecule has 0 aliphatic carbocycles. The molecule has 2 aromatic rings. The molecular weight excluding hydrogens is 270 g/mol. The van der Waals surface area contributed by atoms with Gasteiger partial charge in [0.15, 0.2) is 5.82 Å². The fraction of sp³-hybridized carbons (Fsp3) is 0.300. The molecule has 5 nitrogen and oxygen atoms in total. The molecule has 0 aliphatic rings. The zero-order valence-electron chi connectivity index (χ0n) is 9.05. The van der Waals surface area contributed by atoms with Crippen LogP contribution in [0, 0.1) is 0 Å². The first kappa shape index (κ1) is 11.1. The number of halogens is 1. The lowest BCUT2D eigenvalue weighted by Gasteiger charge is -2.13. The third-order valence-corrected chi connectivity index (χ3v) is 2.66. The van der Waals surface area contributed by atoms with Gasteiger partial charge in [0.2, 0.25) is 0 Å². The van der Waals surface area contributed by atoms with Crippen LogP contribution in [-0.4, -0.2) is 19.7 Å². The molecule has 0 radical (unpaired) electrons. The Balaban J connectivity index is 2.14. The fourth-order valence-corrected chi connectivity index (χ4v) is 1.85. The van der Waals surface area contributed by atoms with Crippen LogP contribution in [0.25, 0.3) is 0 Å². The van der Waals surface area contributed by atoms with E-state index in [1.807, 2.05) is 24.6 Å². The molecule has 0 amide bonds. The van der Waals surface area contributed by atoms with Crippen molar-refractivity contribution in [2.24, 2.45) is 7.05 Å². The summed E-state index contributed by atoms with van der Waals surface area (Å²) in [6.07, 6.45) is 5.21. The van der Waals surface area contributed by atoms with Crippen LogP contribution >= 0.6 is 15.9 Å². The molecule has 0 saturated carbocycles. The molecule has 1 atom stereocenters. The Morgan fingerprint density at radius 1 is 1.44 bits per heavy atom. The van der Waals surface area contributed by atoms with Crippen molar-refractivity contribution in [2.75, 3.05) is 5.32 Å². The van der Waals surface area contributed by atoms with Gasteiger partial charge in [-0.1, -0.05) is 0 Å². The standard InChI is InChI=1S/C10H12BrN5/c1-7(10-15-13-6-16(10)2)14-9-3-8(11)4-12-5-9/h3-7,14H,1-2H3. The van der Waals surface area contributed by atoms with E-state index < -0.39 is 0 Å². The SMILES string of the molecule is CC(Nc1cncc(Br)c1)c1nncn1C. The second kappa shape index (κ2) is 4.61. The molecule has 0 spiro atoms. The molecule has 6 heteroatoms. The minimum Gasteiger partial charge on any atom is -0.374 e. The van der Waals surface area contributed by atoms with Gasteiger partial charge in [-0.2, -0.15) is 0 Å². The number of pyridine rings is 1. The van der Waals surface area contributed by atoms with Gasteiger partial charge in [0, 0.05) is 17.7 Å². The van der Waals surface area contributed by atoms with Gasteiger partial charge in [0.05, 0.1) is 17.9 Å². The maximum absolute atomic E-state index is 4.09. The average molecular weight is 282 g/mol.